The van der Waals surface area contributed by atoms with Gasteiger partial charge in [-0.05, 0) is 36.4 Å². The molecule has 24 N–H and O–H groups in total. The van der Waals surface area contributed by atoms with Crippen molar-refractivity contribution < 1.29 is 154 Å². The van der Waals surface area contributed by atoms with Gasteiger partial charge in [-0.25, -0.2) is 0 Å². The standard InChI is InChI=1S/6C6H7NO2.2La.4H2O/c6*8-6(9)5-2-1-3-7-4-5;;;;;;/h6*1-4,6,8-9H;;;4*1H2/p+4. The molecule has 0 saturated carbocycles. The summed E-state index contributed by atoms with van der Waals surface area (Å²) in [6.07, 6.45) is 9.47. The van der Waals surface area contributed by atoms with Crippen LogP contribution in [0.5, 0.6) is 0 Å². The average molecular weight is 1100 g/mol. The molecule has 22 nitrogen and oxygen atoms in total. The topological polar surface area (TPSA) is 452 Å². The van der Waals surface area contributed by atoms with Crippen molar-refractivity contribution in [3.8, 4) is 0 Å². The van der Waals surface area contributed by atoms with E-state index < -0.39 is 37.7 Å². The minimum atomic E-state index is -1.40. The Hall–Kier alpha value is -3.35. The Bertz CT molecular complexity index is 1400. The fourth-order valence-electron chi connectivity index (χ4n) is 3.17. The zero-order valence-electron chi connectivity index (χ0n) is 31.8. The molecule has 0 amide bonds. The quantitative estimate of drug-likeness (QED) is 0.0574. The summed E-state index contributed by atoms with van der Waals surface area (Å²) >= 11 is 0. The first-order valence-electron chi connectivity index (χ1n) is 15.4. The summed E-state index contributed by atoms with van der Waals surface area (Å²) in [5.41, 5.74) is 2.49. The summed E-state index contributed by atoms with van der Waals surface area (Å²) in [6.45, 7) is 0. The predicted octanol–water partition coefficient (Wildman–Crippen LogP) is -3.30. The van der Waals surface area contributed by atoms with Gasteiger partial charge in [0, 0.05) is 179 Å². The molecule has 326 valence electrons. The van der Waals surface area contributed by atoms with E-state index in [0.29, 0.717) is 33.4 Å². The van der Waals surface area contributed by atoms with Crippen LogP contribution in [0.2, 0.25) is 0 Å². The van der Waals surface area contributed by atoms with Gasteiger partial charge in [0.1, 0.15) is 0 Å². The van der Waals surface area contributed by atoms with Crippen LogP contribution in [-0.2, 0) is 21.9 Å². The summed E-state index contributed by atoms with van der Waals surface area (Å²) in [5, 5.41) is 102. The van der Waals surface area contributed by atoms with Crippen molar-refractivity contribution in [2.75, 3.05) is 0 Å². The van der Waals surface area contributed by atoms with Crippen molar-refractivity contribution in [2.45, 2.75) is 37.7 Å². The first kappa shape index (κ1) is 68.4. The number of nitrogens with zero attached hydrogens (tertiary/aromatic N) is 6. The average Bonchev–Trinajstić information content (AvgIpc) is 3.21. The Labute approximate surface area is 399 Å². The van der Waals surface area contributed by atoms with Crippen LogP contribution >= 0.6 is 0 Å². The van der Waals surface area contributed by atoms with Crippen LogP contribution < -0.4 is 0 Å². The molecule has 24 heteroatoms. The van der Waals surface area contributed by atoms with Crippen LogP contribution in [0.4, 0.5) is 0 Å². The fourth-order valence-corrected chi connectivity index (χ4v) is 3.17. The van der Waals surface area contributed by atoms with Gasteiger partial charge in [0.25, 0.3) is 0 Å². The Kier molecular flexibility index (Phi) is 48.3. The van der Waals surface area contributed by atoms with Crippen molar-refractivity contribution in [3.63, 3.8) is 0 Å². The molecule has 0 spiro atoms. The number of aromatic nitrogens is 6. The van der Waals surface area contributed by atoms with Crippen LogP contribution in [-0.4, -0.2) is 91.2 Å². The molecule has 6 heterocycles. The Morgan fingerprint density at radius 1 is 0.250 bits per heavy atom. The third-order valence-electron chi connectivity index (χ3n) is 5.90. The van der Waals surface area contributed by atoms with E-state index in [0.717, 1.165) is 0 Å². The van der Waals surface area contributed by atoms with E-state index in [4.69, 9.17) is 61.3 Å². The van der Waals surface area contributed by atoms with Crippen LogP contribution in [0.3, 0.4) is 0 Å². The number of pyridine rings is 6. The second-order valence-corrected chi connectivity index (χ2v) is 9.96. The molecule has 0 aliphatic carbocycles. The molecule has 6 aromatic rings. The minimum absolute atomic E-state index is 0. The van der Waals surface area contributed by atoms with E-state index in [1.165, 1.54) is 37.2 Å². The smallest absolute Gasteiger partial charge is 0.179 e. The third-order valence-corrected chi connectivity index (χ3v) is 5.90. The summed E-state index contributed by atoms with van der Waals surface area (Å²) in [4.78, 5) is 22.1. The first-order valence-corrected chi connectivity index (χ1v) is 15.4. The van der Waals surface area contributed by atoms with E-state index in [1.807, 2.05) is 0 Å². The van der Waals surface area contributed by atoms with Gasteiger partial charge in [-0.15, -0.1) is 0 Å². The number of aliphatic hydroxyl groups excluding tert-OH is 6. The van der Waals surface area contributed by atoms with E-state index in [9.17, 15) is 0 Å². The molecule has 6 rings (SSSR count). The molecule has 0 aromatic carbocycles. The largest absolute Gasteiger partial charge is 0.457 e. The molecule has 6 aromatic heterocycles. The maximum absolute atomic E-state index is 8.54. The Morgan fingerprint density at radius 3 is 0.417 bits per heavy atom. The monoisotopic (exact) mass is 1100 g/mol. The summed E-state index contributed by atoms with van der Waals surface area (Å²) in [5.74, 6) is 0. The van der Waals surface area contributed by atoms with Crippen molar-refractivity contribution in [1.29, 1.82) is 0 Å². The molecule has 0 atom stereocenters. The normalized spacial score (nSPS) is 9.10. The van der Waals surface area contributed by atoms with Gasteiger partial charge in [0.05, 0.1) is 0 Å². The SMILES string of the molecule is OC(O)c1cccnc1.OC(O)c1cccnc1.OC(O)c1cccnc1.OC(O)c1cccnc1.OC(O)c1cccnc1.OC(O)c1cccnc1.[La].[La].[OH3+].[OH3+].[OH3+].[OH3+]. The van der Waals surface area contributed by atoms with Gasteiger partial charge in [-0.2, -0.15) is 0 Å². The summed E-state index contributed by atoms with van der Waals surface area (Å²) in [6, 6.07) is 19.5. The van der Waals surface area contributed by atoms with Crippen molar-refractivity contribution in [1.82, 2.24) is 29.9 Å². The van der Waals surface area contributed by atoms with Gasteiger partial charge >= 0.3 is 0 Å². The molecular weight excluding hydrogens is 1050 g/mol. The molecule has 0 aliphatic rings. The van der Waals surface area contributed by atoms with E-state index >= 15 is 0 Å². The van der Waals surface area contributed by atoms with Gasteiger partial charge < -0.3 is 83.2 Å². The van der Waals surface area contributed by atoms with E-state index in [-0.39, 0.29) is 93.1 Å². The zero-order chi connectivity index (χ0) is 40.1. The van der Waals surface area contributed by atoms with Crippen molar-refractivity contribution in [2.24, 2.45) is 0 Å². The molecule has 0 saturated heterocycles. The van der Waals surface area contributed by atoms with Gasteiger partial charge in [0.2, 0.25) is 0 Å². The molecule has 2 radical (unpaired) electrons. The second-order valence-electron chi connectivity index (χ2n) is 9.96. The second kappa shape index (κ2) is 42.3. The van der Waals surface area contributed by atoms with Crippen LogP contribution in [0.15, 0.2) is 147 Å². The van der Waals surface area contributed by atoms with E-state index in [1.54, 1.807) is 110 Å². The summed E-state index contributed by atoms with van der Waals surface area (Å²) < 4.78 is 0. The summed E-state index contributed by atoms with van der Waals surface area (Å²) in [7, 11) is 0. The van der Waals surface area contributed by atoms with Crippen molar-refractivity contribution >= 4 is 0 Å². The minimum Gasteiger partial charge on any atom is -0.457 e. The molecule has 0 bridgehead atoms. The predicted molar refractivity (Wildman–Crippen MR) is 208 cm³/mol. The van der Waals surface area contributed by atoms with Crippen LogP contribution in [0, 0.1) is 71.2 Å². The Balaban J connectivity index is -0.000000143. The molecule has 60 heavy (non-hydrogen) atoms. The molecular formula is C36H54La2N6O16+4. The van der Waals surface area contributed by atoms with E-state index in [2.05, 4.69) is 29.9 Å². The number of rotatable bonds is 6. The van der Waals surface area contributed by atoms with Gasteiger partial charge in [-0.3, -0.25) is 29.9 Å². The first-order chi connectivity index (χ1) is 25.8. The fraction of sp³-hybridized carbons (Fsp3) is 0.167. The number of hydrogen-bond donors (Lipinski definition) is 12. The molecule has 0 aliphatic heterocycles. The van der Waals surface area contributed by atoms with Crippen LogP contribution in [0.25, 0.3) is 0 Å². The Morgan fingerprint density at radius 2 is 0.367 bits per heavy atom. The maximum Gasteiger partial charge on any atom is 0.179 e. The van der Waals surface area contributed by atoms with Crippen LogP contribution in [0.1, 0.15) is 71.1 Å². The number of aliphatic hydroxyl groups is 12. The number of hydrogen-bond acceptors (Lipinski definition) is 18. The third kappa shape index (κ3) is 33.4. The van der Waals surface area contributed by atoms with Gasteiger partial charge in [0.15, 0.2) is 37.7 Å². The van der Waals surface area contributed by atoms with Crippen molar-refractivity contribution in [3.05, 3.63) is 181 Å². The maximum atomic E-state index is 8.54. The zero-order valence-corrected chi connectivity index (χ0v) is 39.1. The molecule has 0 fully saturated rings. The molecule has 0 unspecified atom stereocenters. The van der Waals surface area contributed by atoms with Gasteiger partial charge in [-0.1, -0.05) is 36.4 Å².